The average molecular weight is 296 g/mol. The fourth-order valence-electron chi connectivity index (χ4n) is 2.70. The maximum absolute atomic E-state index is 6.08. The van der Waals surface area contributed by atoms with Crippen LogP contribution in [0.3, 0.4) is 0 Å². The normalized spacial score (nSPS) is 19.5. The van der Waals surface area contributed by atoms with E-state index in [1.54, 1.807) is 11.3 Å². The van der Waals surface area contributed by atoms with Crippen molar-refractivity contribution >= 4 is 39.0 Å². The van der Waals surface area contributed by atoms with Crippen LogP contribution in [0.5, 0.6) is 0 Å². The average Bonchev–Trinajstić information content (AvgIpc) is 3.03. The summed E-state index contributed by atoms with van der Waals surface area (Å²) >= 11 is 7.81. The van der Waals surface area contributed by atoms with Crippen LogP contribution in [0.1, 0.15) is 31.6 Å². The Morgan fingerprint density at radius 3 is 2.95 bits per heavy atom. The maximum Gasteiger partial charge on any atom is 0.225 e. The maximum atomic E-state index is 6.08. The van der Waals surface area contributed by atoms with Crippen molar-refractivity contribution in [1.82, 2.24) is 9.97 Å². The van der Waals surface area contributed by atoms with Crippen LogP contribution in [0.25, 0.3) is 10.2 Å². The molecule has 2 aromatic rings. The predicted octanol–water partition coefficient (Wildman–Crippen LogP) is 4.14. The number of hydrogen-bond donors (Lipinski definition) is 0. The van der Waals surface area contributed by atoms with Gasteiger partial charge < -0.3 is 4.90 Å². The summed E-state index contributed by atoms with van der Waals surface area (Å²) < 4.78 is 0. The standard InChI is InChI=1S/C14H18ClN3S/c1-3-9-5-6-18(8-9)12-11-7-10(4-2)19-13(11)17-14(15)16-12/h7,9H,3-6,8H2,1-2H3. The van der Waals surface area contributed by atoms with E-state index in [-0.39, 0.29) is 0 Å². The number of aryl methyl sites for hydroxylation is 1. The second kappa shape index (κ2) is 5.25. The van der Waals surface area contributed by atoms with E-state index in [0.29, 0.717) is 5.28 Å². The molecule has 0 bridgehead atoms. The quantitative estimate of drug-likeness (QED) is 0.797. The van der Waals surface area contributed by atoms with Crippen LogP contribution in [-0.4, -0.2) is 23.1 Å². The molecule has 3 nitrogen and oxygen atoms in total. The number of aromatic nitrogens is 2. The molecule has 1 saturated heterocycles. The lowest BCUT2D eigenvalue weighted by Crippen LogP contribution is -2.21. The summed E-state index contributed by atoms with van der Waals surface area (Å²) in [5.41, 5.74) is 0. The van der Waals surface area contributed by atoms with Gasteiger partial charge in [-0.05, 0) is 36.4 Å². The van der Waals surface area contributed by atoms with Crippen molar-refractivity contribution < 1.29 is 0 Å². The van der Waals surface area contributed by atoms with Crippen LogP contribution in [0.2, 0.25) is 5.28 Å². The van der Waals surface area contributed by atoms with E-state index in [9.17, 15) is 0 Å². The number of hydrogen-bond acceptors (Lipinski definition) is 4. The molecule has 1 aliphatic rings. The molecule has 0 N–H and O–H groups in total. The van der Waals surface area contributed by atoms with Crippen molar-refractivity contribution in [2.75, 3.05) is 18.0 Å². The fourth-order valence-corrected chi connectivity index (χ4v) is 3.88. The molecule has 1 aliphatic heterocycles. The number of fused-ring (bicyclic) bond motifs is 1. The van der Waals surface area contributed by atoms with Crippen molar-refractivity contribution in [2.45, 2.75) is 33.1 Å². The molecule has 102 valence electrons. The summed E-state index contributed by atoms with van der Waals surface area (Å²) in [6.45, 7) is 6.60. The minimum atomic E-state index is 0.368. The molecule has 2 aromatic heterocycles. The van der Waals surface area contributed by atoms with Gasteiger partial charge in [-0.3, -0.25) is 0 Å². The third kappa shape index (κ3) is 2.43. The topological polar surface area (TPSA) is 29.0 Å². The lowest BCUT2D eigenvalue weighted by Gasteiger charge is -2.18. The molecule has 5 heteroatoms. The highest BCUT2D eigenvalue weighted by Gasteiger charge is 2.24. The van der Waals surface area contributed by atoms with Gasteiger partial charge in [0.25, 0.3) is 0 Å². The predicted molar refractivity (Wildman–Crippen MR) is 82.4 cm³/mol. The molecule has 0 aromatic carbocycles. The molecular formula is C14H18ClN3S. The molecule has 0 amide bonds. The van der Waals surface area contributed by atoms with Gasteiger partial charge in [0, 0.05) is 18.0 Å². The Morgan fingerprint density at radius 1 is 1.42 bits per heavy atom. The van der Waals surface area contributed by atoms with E-state index in [0.717, 1.165) is 36.1 Å². The smallest absolute Gasteiger partial charge is 0.225 e. The van der Waals surface area contributed by atoms with Crippen molar-refractivity contribution in [1.29, 1.82) is 0 Å². The Bertz CT molecular complexity index is 596. The lowest BCUT2D eigenvalue weighted by atomic mass is 10.1. The van der Waals surface area contributed by atoms with E-state index in [1.165, 1.54) is 23.1 Å². The number of thiophene rings is 1. The van der Waals surface area contributed by atoms with Crippen molar-refractivity contribution in [2.24, 2.45) is 5.92 Å². The van der Waals surface area contributed by atoms with Gasteiger partial charge >= 0.3 is 0 Å². The summed E-state index contributed by atoms with van der Waals surface area (Å²) in [5.74, 6) is 1.81. The van der Waals surface area contributed by atoms with Crippen LogP contribution in [0, 0.1) is 5.92 Å². The first-order chi connectivity index (χ1) is 9.21. The van der Waals surface area contributed by atoms with Crippen molar-refractivity contribution in [3.8, 4) is 0 Å². The molecule has 19 heavy (non-hydrogen) atoms. The molecule has 0 radical (unpaired) electrons. The molecule has 0 aliphatic carbocycles. The molecule has 1 fully saturated rings. The Morgan fingerprint density at radius 2 is 2.26 bits per heavy atom. The number of halogens is 1. The van der Waals surface area contributed by atoms with Crippen LogP contribution in [-0.2, 0) is 6.42 Å². The minimum Gasteiger partial charge on any atom is -0.356 e. The number of anilines is 1. The van der Waals surface area contributed by atoms with Gasteiger partial charge in [-0.15, -0.1) is 11.3 Å². The minimum absolute atomic E-state index is 0.368. The molecule has 3 rings (SSSR count). The van der Waals surface area contributed by atoms with Gasteiger partial charge in [0.1, 0.15) is 10.6 Å². The van der Waals surface area contributed by atoms with Gasteiger partial charge in [-0.25, -0.2) is 4.98 Å². The Hall–Kier alpha value is -0.870. The summed E-state index contributed by atoms with van der Waals surface area (Å²) in [5, 5.41) is 1.54. The zero-order valence-electron chi connectivity index (χ0n) is 11.3. The summed E-state index contributed by atoms with van der Waals surface area (Å²) in [6, 6.07) is 2.23. The summed E-state index contributed by atoms with van der Waals surface area (Å²) in [6.07, 6.45) is 3.53. The number of rotatable bonds is 3. The van der Waals surface area contributed by atoms with Crippen LogP contribution < -0.4 is 4.90 Å². The SMILES string of the molecule is CCc1cc2c(N3CCC(CC)C3)nc(Cl)nc2s1. The van der Waals surface area contributed by atoms with Crippen molar-refractivity contribution in [3.63, 3.8) is 0 Å². The first-order valence-electron chi connectivity index (χ1n) is 6.92. The van der Waals surface area contributed by atoms with Gasteiger partial charge in [-0.1, -0.05) is 20.3 Å². The first-order valence-corrected chi connectivity index (χ1v) is 8.11. The lowest BCUT2D eigenvalue weighted by molar-refractivity contribution is 0.569. The zero-order valence-corrected chi connectivity index (χ0v) is 12.9. The van der Waals surface area contributed by atoms with Gasteiger partial charge in [0.15, 0.2) is 0 Å². The van der Waals surface area contributed by atoms with E-state index in [1.807, 2.05) is 0 Å². The van der Waals surface area contributed by atoms with Crippen LogP contribution in [0.15, 0.2) is 6.07 Å². The van der Waals surface area contributed by atoms with E-state index in [4.69, 9.17) is 11.6 Å². The molecule has 1 unspecified atom stereocenters. The summed E-state index contributed by atoms with van der Waals surface area (Å²) in [7, 11) is 0. The molecule has 3 heterocycles. The zero-order chi connectivity index (χ0) is 13.4. The van der Waals surface area contributed by atoms with Gasteiger partial charge in [0.05, 0.1) is 5.39 Å². The molecule has 0 saturated carbocycles. The highest BCUT2D eigenvalue weighted by Crippen LogP contribution is 2.34. The van der Waals surface area contributed by atoms with Crippen molar-refractivity contribution in [3.05, 3.63) is 16.2 Å². The van der Waals surface area contributed by atoms with E-state index in [2.05, 4.69) is 34.8 Å². The first kappa shape index (κ1) is 13.1. The highest BCUT2D eigenvalue weighted by atomic mass is 35.5. The molecular weight excluding hydrogens is 278 g/mol. The van der Waals surface area contributed by atoms with E-state index >= 15 is 0 Å². The largest absolute Gasteiger partial charge is 0.356 e. The number of nitrogens with zero attached hydrogens (tertiary/aromatic N) is 3. The van der Waals surface area contributed by atoms with Gasteiger partial charge in [-0.2, -0.15) is 4.98 Å². The molecule has 0 spiro atoms. The molecule has 1 atom stereocenters. The van der Waals surface area contributed by atoms with Crippen LogP contribution in [0.4, 0.5) is 5.82 Å². The second-order valence-corrected chi connectivity index (χ2v) is 6.56. The Kier molecular flexibility index (Phi) is 3.63. The van der Waals surface area contributed by atoms with Gasteiger partial charge in [0.2, 0.25) is 5.28 Å². The van der Waals surface area contributed by atoms with E-state index < -0.39 is 0 Å². The monoisotopic (exact) mass is 295 g/mol. The fraction of sp³-hybridized carbons (Fsp3) is 0.571. The highest BCUT2D eigenvalue weighted by molar-refractivity contribution is 7.18. The van der Waals surface area contributed by atoms with Crippen LogP contribution >= 0.6 is 22.9 Å². The third-order valence-electron chi connectivity index (χ3n) is 3.91. The summed E-state index contributed by atoms with van der Waals surface area (Å²) in [4.78, 5) is 13.6. The Labute approximate surface area is 122 Å². The third-order valence-corrected chi connectivity index (χ3v) is 5.25. The second-order valence-electron chi connectivity index (χ2n) is 5.11. The Balaban J connectivity index is 2.04.